The van der Waals surface area contributed by atoms with Gasteiger partial charge in [-0.25, -0.2) is 4.79 Å². The van der Waals surface area contributed by atoms with E-state index in [-0.39, 0.29) is 42.3 Å². The number of hydrogen-bond acceptors (Lipinski definition) is 3. The number of para-hydroxylation sites is 1. The molecule has 6 nitrogen and oxygen atoms in total. The van der Waals surface area contributed by atoms with E-state index in [1.807, 2.05) is 24.3 Å². The number of piperazine rings is 1. The van der Waals surface area contributed by atoms with Crippen molar-refractivity contribution in [1.82, 2.24) is 15.1 Å². The van der Waals surface area contributed by atoms with E-state index >= 15 is 0 Å². The van der Waals surface area contributed by atoms with E-state index in [1.54, 1.807) is 16.8 Å². The van der Waals surface area contributed by atoms with Crippen molar-refractivity contribution in [3.05, 3.63) is 35.0 Å². The van der Waals surface area contributed by atoms with Crippen LogP contribution in [0.2, 0.25) is 5.22 Å². The number of furan rings is 1. The van der Waals surface area contributed by atoms with Gasteiger partial charge in [-0.15, -0.1) is 0 Å². The van der Waals surface area contributed by atoms with Gasteiger partial charge in [-0.3, -0.25) is 4.79 Å². The van der Waals surface area contributed by atoms with Gasteiger partial charge in [0.15, 0.2) is 5.22 Å². The Labute approximate surface area is 138 Å². The van der Waals surface area contributed by atoms with Crippen LogP contribution >= 0.6 is 11.6 Å². The largest absolute Gasteiger partial charge is 0.444 e. The molecule has 4 rings (SSSR count). The number of rotatable bonds is 2. The molecule has 0 spiro atoms. The third kappa shape index (κ3) is 2.34. The smallest absolute Gasteiger partial charge is 0.318 e. The molecule has 120 valence electrons. The maximum Gasteiger partial charge on any atom is 0.318 e. The summed E-state index contributed by atoms with van der Waals surface area (Å²) in [6.45, 7) is 0.399. The first-order chi connectivity index (χ1) is 11.1. The number of carbonyl (C=O) groups is 2. The van der Waals surface area contributed by atoms with Crippen molar-refractivity contribution in [1.29, 1.82) is 0 Å². The van der Waals surface area contributed by atoms with Gasteiger partial charge in [0.25, 0.3) is 0 Å². The normalized spacial score (nSPS) is 23.1. The fourth-order valence-electron chi connectivity index (χ4n) is 3.20. The van der Waals surface area contributed by atoms with Crippen LogP contribution in [0.25, 0.3) is 11.0 Å². The molecule has 2 aliphatic rings. The number of likely N-dealkylation sites (N-methyl/N-ethyl adjacent to an activating group) is 1. The average Bonchev–Trinajstić information content (AvgIpc) is 3.27. The lowest BCUT2D eigenvalue weighted by Crippen LogP contribution is -2.53. The molecule has 0 unspecified atom stereocenters. The minimum atomic E-state index is -0.236. The molecule has 2 aromatic rings. The second-order valence-corrected chi connectivity index (χ2v) is 6.36. The molecule has 1 saturated heterocycles. The fraction of sp³-hybridized carbons (Fsp3) is 0.375. The predicted octanol–water partition coefficient (Wildman–Crippen LogP) is 2.21. The van der Waals surface area contributed by atoms with Crippen LogP contribution in [-0.4, -0.2) is 47.4 Å². The molecule has 23 heavy (non-hydrogen) atoms. The van der Waals surface area contributed by atoms with E-state index in [0.29, 0.717) is 5.58 Å². The summed E-state index contributed by atoms with van der Waals surface area (Å²) in [5.41, 5.74) is 1.45. The number of benzene rings is 1. The Balaban J connectivity index is 1.47. The Morgan fingerprint density at radius 2 is 2.17 bits per heavy atom. The van der Waals surface area contributed by atoms with E-state index in [1.165, 1.54) is 0 Å². The van der Waals surface area contributed by atoms with Crippen molar-refractivity contribution in [2.75, 3.05) is 13.6 Å². The molecule has 3 amide bonds. The SMILES string of the molecule is CN1C(=O)CN(C(=O)NCc2c(Cl)oc3ccccc23)[C@H]2C[C@H]21. The summed E-state index contributed by atoms with van der Waals surface area (Å²) in [7, 11) is 1.79. The van der Waals surface area contributed by atoms with E-state index < -0.39 is 0 Å². The molecule has 1 aliphatic heterocycles. The average molecular weight is 334 g/mol. The molecule has 7 heteroatoms. The van der Waals surface area contributed by atoms with Gasteiger partial charge in [0, 0.05) is 24.5 Å². The molecule has 1 N–H and O–H groups in total. The highest BCUT2D eigenvalue weighted by atomic mass is 35.5. The minimum absolute atomic E-state index is 0.0225. The number of carbonyl (C=O) groups excluding carboxylic acids is 2. The molecule has 1 saturated carbocycles. The number of urea groups is 1. The quantitative estimate of drug-likeness (QED) is 0.916. The van der Waals surface area contributed by atoms with Crippen molar-refractivity contribution in [2.45, 2.75) is 25.0 Å². The number of nitrogens with one attached hydrogen (secondary N) is 1. The lowest BCUT2D eigenvalue weighted by Gasteiger charge is -2.31. The maximum absolute atomic E-state index is 12.4. The zero-order valence-corrected chi connectivity index (χ0v) is 13.3. The standard InChI is InChI=1S/C16H16ClN3O3/c1-19-11-6-12(11)20(8-14(19)21)16(22)18-7-10-9-4-2-3-5-13(9)23-15(10)17/h2-5,11-12H,6-8H2,1H3,(H,18,22)/t11-,12+/m1/s1. The van der Waals surface area contributed by atoms with Gasteiger partial charge in [-0.2, -0.15) is 0 Å². The molecular formula is C16H16ClN3O3. The number of amides is 3. The van der Waals surface area contributed by atoms with Crippen molar-refractivity contribution >= 4 is 34.5 Å². The Bertz CT molecular complexity index is 803. The molecule has 1 aromatic carbocycles. The Hall–Kier alpha value is -2.21. The minimum Gasteiger partial charge on any atom is -0.444 e. The molecule has 0 radical (unpaired) electrons. The van der Waals surface area contributed by atoms with Crippen molar-refractivity contribution in [3.63, 3.8) is 0 Å². The van der Waals surface area contributed by atoms with E-state index in [2.05, 4.69) is 5.32 Å². The monoisotopic (exact) mass is 333 g/mol. The zero-order chi connectivity index (χ0) is 16.1. The highest BCUT2D eigenvalue weighted by Crippen LogP contribution is 2.36. The van der Waals surface area contributed by atoms with Gasteiger partial charge in [0.2, 0.25) is 5.91 Å². The summed E-state index contributed by atoms with van der Waals surface area (Å²) >= 11 is 6.12. The number of hydrogen-bond donors (Lipinski definition) is 1. The van der Waals surface area contributed by atoms with E-state index in [4.69, 9.17) is 16.0 Å². The Kier molecular flexibility index (Phi) is 3.23. The van der Waals surface area contributed by atoms with Crippen LogP contribution in [0.3, 0.4) is 0 Å². The predicted molar refractivity (Wildman–Crippen MR) is 85.1 cm³/mol. The number of halogens is 1. The number of nitrogens with zero attached hydrogens (tertiary/aromatic N) is 2. The molecule has 2 atom stereocenters. The van der Waals surface area contributed by atoms with Gasteiger partial charge >= 0.3 is 6.03 Å². The van der Waals surface area contributed by atoms with Crippen molar-refractivity contribution in [3.8, 4) is 0 Å². The summed E-state index contributed by atoms with van der Waals surface area (Å²) in [6, 6.07) is 7.57. The molecule has 0 bridgehead atoms. The van der Waals surface area contributed by atoms with E-state index in [9.17, 15) is 9.59 Å². The van der Waals surface area contributed by atoms with Gasteiger partial charge in [0.05, 0.1) is 12.1 Å². The van der Waals surface area contributed by atoms with Crippen molar-refractivity contribution in [2.24, 2.45) is 0 Å². The third-order valence-electron chi connectivity index (χ3n) is 4.65. The first-order valence-electron chi connectivity index (χ1n) is 7.52. The highest BCUT2D eigenvalue weighted by molar-refractivity contribution is 6.30. The molecule has 2 fully saturated rings. The van der Waals surface area contributed by atoms with Crippen LogP contribution in [0.1, 0.15) is 12.0 Å². The summed E-state index contributed by atoms with van der Waals surface area (Å²) in [4.78, 5) is 27.6. The van der Waals surface area contributed by atoms with Crippen molar-refractivity contribution < 1.29 is 14.0 Å². The molecule has 2 heterocycles. The lowest BCUT2D eigenvalue weighted by molar-refractivity contribution is -0.133. The second-order valence-electron chi connectivity index (χ2n) is 6.01. The summed E-state index contributed by atoms with van der Waals surface area (Å²) in [6.07, 6.45) is 0.852. The number of fused-ring (bicyclic) bond motifs is 2. The molecular weight excluding hydrogens is 318 g/mol. The van der Waals surface area contributed by atoms with Gasteiger partial charge in [-0.1, -0.05) is 18.2 Å². The first-order valence-corrected chi connectivity index (χ1v) is 7.90. The van der Waals surface area contributed by atoms with Gasteiger partial charge in [-0.05, 0) is 24.1 Å². The Morgan fingerprint density at radius 1 is 1.39 bits per heavy atom. The summed E-state index contributed by atoms with van der Waals surface area (Å²) < 4.78 is 5.48. The summed E-state index contributed by atoms with van der Waals surface area (Å²) in [5, 5.41) is 4.02. The molecule has 1 aliphatic carbocycles. The second kappa shape index (κ2) is 5.16. The summed E-state index contributed by atoms with van der Waals surface area (Å²) in [5.74, 6) is -0.0225. The third-order valence-corrected chi connectivity index (χ3v) is 4.95. The maximum atomic E-state index is 12.4. The van der Waals surface area contributed by atoms with Crippen LogP contribution in [-0.2, 0) is 11.3 Å². The van der Waals surface area contributed by atoms with E-state index in [0.717, 1.165) is 17.4 Å². The highest BCUT2D eigenvalue weighted by Gasteiger charge is 2.52. The first kappa shape index (κ1) is 14.4. The van der Waals surface area contributed by atoms with Crippen LogP contribution in [0.4, 0.5) is 4.79 Å². The Morgan fingerprint density at radius 3 is 3.00 bits per heavy atom. The zero-order valence-electron chi connectivity index (χ0n) is 12.6. The van der Waals surface area contributed by atoms with Crippen LogP contribution < -0.4 is 5.32 Å². The topological polar surface area (TPSA) is 65.8 Å². The van der Waals surface area contributed by atoms with Gasteiger partial charge in [0.1, 0.15) is 12.1 Å². The molecule has 1 aromatic heterocycles. The van der Waals surface area contributed by atoms with Crippen LogP contribution in [0.15, 0.2) is 28.7 Å². The van der Waals surface area contributed by atoms with Crippen LogP contribution in [0.5, 0.6) is 0 Å². The lowest BCUT2D eigenvalue weighted by atomic mass is 10.2. The van der Waals surface area contributed by atoms with Gasteiger partial charge < -0.3 is 19.5 Å². The van der Waals surface area contributed by atoms with Crippen LogP contribution in [0, 0.1) is 0 Å². The fourth-order valence-corrected chi connectivity index (χ4v) is 3.45.